The van der Waals surface area contributed by atoms with Crippen LogP contribution in [0, 0.1) is 5.92 Å². The molecule has 6 heteroatoms. The van der Waals surface area contributed by atoms with E-state index in [1.165, 1.54) is 0 Å². The maximum absolute atomic E-state index is 12.7. The average molecular weight is 366 g/mol. The number of para-hydroxylation sites is 2. The number of nitrogens with one attached hydrogen (secondary N) is 1. The van der Waals surface area contributed by atoms with Crippen molar-refractivity contribution in [1.82, 2.24) is 9.88 Å². The Kier molecular flexibility index (Phi) is 5.26. The molecule has 140 valence electrons. The van der Waals surface area contributed by atoms with E-state index in [2.05, 4.69) is 5.32 Å². The fourth-order valence-corrected chi connectivity index (χ4v) is 3.32. The van der Waals surface area contributed by atoms with Crippen LogP contribution in [0.25, 0.3) is 21.8 Å². The molecule has 2 N–H and O–H groups in total. The highest BCUT2D eigenvalue weighted by molar-refractivity contribution is 5.95. The molecule has 27 heavy (non-hydrogen) atoms. The zero-order valence-electron chi connectivity index (χ0n) is 15.3. The largest absolute Gasteiger partial charge is 0.480 e. The number of rotatable bonds is 6. The van der Waals surface area contributed by atoms with Gasteiger partial charge in [-0.05, 0) is 36.6 Å². The second-order valence-electron chi connectivity index (χ2n) is 7.04. The van der Waals surface area contributed by atoms with Gasteiger partial charge in [0, 0.05) is 10.8 Å². The molecule has 0 radical (unpaired) electrons. The lowest BCUT2D eigenvalue weighted by Crippen LogP contribution is -2.43. The number of benzene rings is 2. The molecule has 0 unspecified atom stereocenters. The molecule has 0 aliphatic carbocycles. The summed E-state index contributed by atoms with van der Waals surface area (Å²) in [7, 11) is 0. The third-order valence-electron chi connectivity index (χ3n) is 4.52. The van der Waals surface area contributed by atoms with E-state index in [1.807, 2.05) is 26.0 Å². The van der Waals surface area contributed by atoms with Crippen LogP contribution >= 0.6 is 0 Å². The van der Waals surface area contributed by atoms with E-state index in [4.69, 9.17) is 0 Å². The van der Waals surface area contributed by atoms with Gasteiger partial charge in [-0.1, -0.05) is 38.1 Å². The summed E-state index contributed by atoms with van der Waals surface area (Å²) in [6, 6.07) is 13.3. The Morgan fingerprint density at radius 2 is 1.52 bits per heavy atom. The minimum Gasteiger partial charge on any atom is -0.480 e. The van der Waals surface area contributed by atoms with Gasteiger partial charge >= 0.3 is 5.97 Å². The molecule has 2 aromatic carbocycles. The summed E-state index contributed by atoms with van der Waals surface area (Å²) in [5.74, 6) is -1.31. The molecule has 1 aromatic heterocycles. The van der Waals surface area contributed by atoms with Crippen molar-refractivity contribution >= 4 is 33.7 Å². The summed E-state index contributed by atoms with van der Waals surface area (Å²) in [4.78, 5) is 36.8. The topological polar surface area (TPSA) is 88.4 Å². The first-order valence-corrected chi connectivity index (χ1v) is 8.91. The van der Waals surface area contributed by atoms with Crippen molar-refractivity contribution in [3.05, 3.63) is 58.8 Å². The lowest BCUT2D eigenvalue weighted by atomic mass is 10.0. The van der Waals surface area contributed by atoms with Gasteiger partial charge in [0.25, 0.3) is 0 Å². The molecule has 0 bridgehead atoms. The molecule has 1 heterocycles. The number of carboxylic acids is 1. The minimum atomic E-state index is -1.05. The van der Waals surface area contributed by atoms with Crippen molar-refractivity contribution in [2.24, 2.45) is 5.92 Å². The number of pyridine rings is 1. The van der Waals surface area contributed by atoms with Gasteiger partial charge in [-0.15, -0.1) is 0 Å². The van der Waals surface area contributed by atoms with Gasteiger partial charge in [0.2, 0.25) is 5.91 Å². The maximum atomic E-state index is 12.7. The number of fused-ring (bicyclic) bond motifs is 2. The first-order chi connectivity index (χ1) is 12.9. The predicted molar refractivity (Wildman–Crippen MR) is 105 cm³/mol. The molecule has 0 spiro atoms. The standard InChI is InChI=1S/C21H22N2O4/c1-13(2)11-16(21(26)27)22-19(24)12-23-17-9-5-3-7-14(17)20(25)15-8-4-6-10-18(15)23/h3-10,13,16H,11-12H2,1-2H3,(H,22,24)(H,26,27)/t16-/m0/s1. The quantitative estimate of drug-likeness (QED) is 0.657. The molecule has 0 saturated heterocycles. The van der Waals surface area contributed by atoms with Crippen molar-refractivity contribution in [3.63, 3.8) is 0 Å². The van der Waals surface area contributed by atoms with E-state index in [-0.39, 0.29) is 17.9 Å². The number of nitrogens with zero attached hydrogens (tertiary/aromatic N) is 1. The molecule has 6 nitrogen and oxygen atoms in total. The molecule has 1 amide bonds. The van der Waals surface area contributed by atoms with E-state index in [0.29, 0.717) is 28.2 Å². The predicted octanol–water partition coefficient (Wildman–Crippen LogP) is 2.77. The lowest BCUT2D eigenvalue weighted by molar-refractivity contribution is -0.142. The van der Waals surface area contributed by atoms with Gasteiger partial charge in [-0.2, -0.15) is 0 Å². The van der Waals surface area contributed by atoms with Crippen molar-refractivity contribution in [2.75, 3.05) is 0 Å². The van der Waals surface area contributed by atoms with Gasteiger partial charge in [-0.25, -0.2) is 4.79 Å². The van der Waals surface area contributed by atoms with Crippen molar-refractivity contribution in [1.29, 1.82) is 0 Å². The number of hydrogen-bond acceptors (Lipinski definition) is 3. The molecular formula is C21H22N2O4. The van der Waals surface area contributed by atoms with Gasteiger partial charge < -0.3 is 15.0 Å². The normalized spacial score (nSPS) is 12.4. The molecular weight excluding hydrogens is 344 g/mol. The highest BCUT2D eigenvalue weighted by Gasteiger charge is 2.22. The van der Waals surface area contributed by atoms with E-state index in [9.17, 15) is 19.5 Å². The number of carbonyl (C=O) groups is 2. The molecule has 3 aromatic rings. The van der Waals surface area contributed by atoms with Crippen LogP contribution in [0.3, 0.4) is 0 Å². The molecule has 0 fully saturated rings. The van der Waals surface area contributed by atoms with Crippen molar-refractivity contribution in [3.8, 4) is 0 Å². The SMILES string of the molecule is CC(C)C[C@H](NC(=O)Cn1c2ccccc2c(=O)c2ccccc21)C(=O)O. The number of carboxylic acid groups (broad SMARTS) is 1. The van der Waals surface area contributed by atoms with E-state index in [1.54, 1.807) is 41.0 Å². The van der Waals surface area contributed by atoms with Crippen molar-refractivity contribution < 1.29 is 14.7 Å². The first kappa shape index (κ1) is 18.6. The van der Waals surface area contributed by atoms with Crippen LogP contribution in [-0.4, -0.2) is 27.6 Å². The first-order valence-electron chi connectivity index (χ1n) is 8.91. The Hall–Kier alpha value is -3.15. The summed E-state index contributed by atoms with van der Waals surface area (Å²) in [5, 5.41) is 13.0. The molecule has 0 saturated carbocycles. The Bertz CT molecular complexity index is 1010. The van der Waals surface area contributed by atoms with Crippen LogP contribution in [0.2, 0.25) is 0 Å². The Balaban J connectivity index is 2.03. The van der Waals surface area contributed by atoms with Crippen LogP contribution < -0.4 is 10.7 Å². The number of hydrogen-bond donors (Lipinski definition) is 2. The smallest absolute Gasteiger partial charge is 0.326 e. The zero-order chi connectivity index (χ0) is 19.6. The summed E-state index contributed by atoms with van der Waals surface area (Å²) in [5.41, 5.74) is 1.21. The van der Waals surface area contributed by atoms with Crippen LogP contribution in [0.4, 0.5) is 0 Å². The van der Waals surface area contributed by atoms with Crippen LogP contribution in [0.5, 0.6) is 0 Å². The van der Waals surface area contributed by atoms with E-state index >= 15 is 0 Å². The fraction of sp³-hybridized carbons (Fsp3) is 0.286. The lowest BCUT2D eigenvalue weighted by Gasteiger charge is -2.19. The average Bonchev–Trinajstić information content (AvgIpc) is 2.64. The van der Waals surface area contributed by atoms with Gasteiger partial charge in [-0.3, -0.25) is 9.59 Å². The number of amides is 1. The number of carbonyl (C=O) groups excluding carboxylic acids is 1. The summed E-state index contributed by atoms with van der Waals surface area (Å²) >= 11 is 0. The third-order valence-corrected chi connectivity index (χ3v) is 4.52. The molecule has 0 aliphatic heterocycles. The Morgan fingerprint density at radius 1 is 1.00 bits per heavy atom. The molecule has 1 atom stereocenters. The monoisotopic (exact) mass is 366 g/mol. The van der Waals surface area contributed by atoms with Crippen LogP contribution in [-0.2, 0) is 16.1 Å². The number of aliphatic carboxylic acids is 1. The Morgan fingerprint density at radius 3 is 2.00 bits per heavy atom. The second kappa shape index (κ2) is 7.61. The zero-order valence-corrected chi connectivity index (χ0v) is 15.3. The van der Waals surface area contributed by atoms with E-state index in [0.717, 1.165) is 0 Å². The highest BCUT2D eigenvalue weighted by atomic mass is 16.4. The minimum absolute atomic E-state index is 0.0663. The van der Waals surface area contributed by atoms with Gasteiger partial charge in [0.15, 0.2) is 5.43 Å². The van der Waals surface area contributed by atoms with Gasteiger partial charge in [0.05, 0.1) is 11.0 Å². The molecule has 3 rings (SSSR count). The fourth-order valence-electron chi connectivity index (χ4n) is 3.32. The third kappa shape index (κ3) is 3.84. The number of aromatic nitrogens is 1. The Labute approximate surface area is 156 Å². The van der Waals surface area contributed by atoms with Crippen LogP contribution in [0.1, 0.15) is 20.3 Å². The molecule has 0 aliphatic rings. The maximum Gasteiger partial charge on any atom is 0.326 e. The van der Waals surface area contributed by atoms with Crippen molar-refractivity contribution in [2.45, 2.75) is 32.9 Å². The summed E-state index contributed by atoms with van der Waals surface area (Å²) < 4.78 is 1.76. The summed E-state index contributed by atoms with van der Waals surface area (Å²) in [6.07, 6.45) is 0.354. The summed E-state index contributed by atoms with van der Waals surface area (Å²) in [6.45, 7) is 3.75. The van der Waals surface area contributed by atoms with E-state index < -0.39 is 17.9 Å². The van der Waals surface area contributed by atoms with Crippen LogP contribution in [0.15, 0.2) is 53.3 Å². The second-order valence-corrected chi connectivity index (χ2v) is 7.04. The van der Waals surface area contributed by atoms with Gasteiger partial charge in [0.1, 0.15) is 12.6 Å². The highest BCUT2D eigenvalue weighted by Crippen LogP contribution is 2.19.